The van der Waals surface area contributed by atoms with Crippen molar-refractivity contribution >= 4 is 70.2 Å². The molecule has 61 heavy (non-hydrogen) atoms. The van der Waals surface area contributed by atoms with Crippen LogP contribution in [0.5, 0.6) is 5.75 Å². The van der Waals surface area contributed by atoms with Gasteiger partial charge in [-0.2, -0.15) is 4.98 Å². The molecule has 15 heteroatoms. The van der Waals surface area contributed by atoms with Crippen LogP contribution in [0.2, 0.25) is 5.02 Å². The van der Waals surface area contributed by atoms with E-state index in [9.17, 15) is 9.36 Å². The molecule has 0 aliphatic carbocycles. The Morgan fingerprint density at radius 2 is 1.74 bits per heavy atom. The van der Waals surface area contributed by atoms with E-state index in [2.05, 4.69) is 93.2 Å². The molecule has 3 aromatic carbocycles. The lowest BCUT2D eigenvalue weighted by atomic mass is 10.0. The number of piperidine rings is 2. The summed E-state index contributed by atoms with van der Waals surface area (Å²) < 4.78 is 18.8. The second-order valence-corrected chi connectivity index (χ2v) is 20.3. The van der Waals surface area contributed by atoms with Crippen molar-refractivity contribution in [2.75, 3.05) is 107 Å². The molecular weight excluding hydrogens is 807 g/mol. The first-order valence-electron chi connectivity index (χ1n) is 21.5. The van der Waals surface area contributed by atoms with Gasteiger partial charge in [-0.15, -0.1) is 0 Å². The molecule has 4 aromatic rings. The fourth-order valence-electron chi connectivity index (χ4n) is 9.14. The Morgan fingerprint density at radius 1 is 0.934 bits per heavy atom. The largest absolute Gasteiger partial charge is 0.494 e. The van der Waals surface area contributed by atoms with Crippen LogP contribution in [0.1, 0.15) is 36.8 Å². The van der Waals surface area contributed by atoms with Crippen molar-refractivity contribution < 1.29 is 14.1 Å². The molecule has 0 bridgehead atoms. The Balaban J connectivity index is 0.783. The number of piperazine rings is 1. The zero-order valence-electron chi connectivity index (χ0n) is 35.5. The Labute approximate surface area is 365 Å². The summed E-state index contributed by atoms with van der Waals surface area (Å²) in [6.45, 7) is 14.2. The predicted octanol–water partition coefficient (Wildman–Crippen LogP) is 6.87. The van der Waals surface area contributed by atoms with Gasteiger partial charge in [-0.1, -0.05) is 48.0 Å². The minimum absolute atomic E-state index is 0.338. The third-order valence-electron chi connectivity index (χ3n) is 12.5. The maximum Gasteiger partial charge on any atom is 0.229 e. The van der Waals surface area contributed by atoms with Gasteiger partial charge in [0.25, 0.3) is 0 Å². The normalized spacial score (nSPS) is 19.2. The number of fused-ring (bicyclic) bond motifs is 1. The number of nitrogens with one attached hydrogen (secondary N) is 4. The molecule has 0 radical (unpaired) electrons. The minimum Gasteiger partial charge on any atom is -0.494 e. The predicted molar refractivity (Wildman–Crippen MR) is 250 cm³/mol. The third kappa shape index (κ3) is 10.1. The number of carbonyl (C=O) groups excluding carboxylic acids is 1. The average Bonchev–Trinajstić information content (AvgIpc) is 3.67. The molecule has 4 aliphatic heterocycles. The highest BCUT2D eigenvalue weighted by molar-refractivity contribution is 7.70. The molecule has 3 fully saturated rings. The second-order valence-electron chi connectivity index (χ2n) is 16.7. The Morgan fingerprint density at radius 3 is 2.49 bits per heavy atom. The van der Waals surface area contributed by atoms with E-state index < -0.39 is 7.14 Å². The van der Waals surface area contributed by atoms with E-state index in [0.717, 1.165) is 126 Å². The van der Waals surface area contributed by atoms with E-state index in [1.807, 2.05) is 36.4 Å². The molecule has 0 saturated carbocycles. The van der Waals surface area contributed by atoms with Crippen LogP contribution in [-0.4, -0.2) is 129 Å². The van der Waals surface area contributed by atoms with Crippen LogP contribution < -0.4 is 36.2 Å². The van der Waals surface area contributed by atoms with Crippen LogP contribution in [0.25, 0.3) is 5.70 Å². The van der Waals surface area contributed by atoms with Gasteiger partial charge in [0.1, 0.15) is 23.6 Å². The number of aromatic nitrogens is 2. The van der Waals surface area contributed by atoms with Crippen LogP contribution in [0.15, 0.2) is 79.0 Å². The van der Waals surface area contributed by atoms with Crippen molar-refractivity contribution in [1.29, 1.82) is 0 Å². The van der Waals surface area contributed by atoms with Crippen LogP contribution in [0.4, 0.5) is 34.5 Å². The summed E-state index contributed by atoms with van der Waals surface area (Å²) in [5.74, 6) is 3.73. The van der Waals surface area contributed by atoms with Gasteiger partial charge in [-0.05, 0) is 75.9 Å². The molecule has 1 unspecified atom stereocenters. The fraction of sp³-hybridized carbons (Fsp3) is 0.435. The van der Waals surface area contributed by atoms with Crippen molar-refractivity contribution in [2.24, 2.45) is 0 Å². The monoisotopic (exact) mass is 864 g/mol. The van der Waals surface area contributed by atoms with Gasteiger partial charge >= 0.3 is 0 Å². The molecule has 5 heterocycles. The number of rotatable bonds is 14. The van der Waals surface area contributed by atoms with E-state index in [4.69, 9.17) is 16.3 Å². The van der Waals surface area contributed by atoms with E-state index >= 15 is 0 Å². The van der Waals surface area contributed by atoms with E-state index in [1.54, 1.807) is 26.6 Å². The lowest BCUT2D eigenvalue weighted by molar-refractivity contribution is 0.0910. The van der Waals surface area contributed by atoms with Gasteiger partial charge in [-0.3, -0.25) is 9.80 Å². The van der Waals surface area contributed by atoms with Gasteiger partial charge < -0.3 is 40.4 Å². The SMILES string of the molecule is COc1cc(N2CCC(N3CCN(C/C=C/CNc4cccc5c4CN(C4CCCNC4)C5=C=O)CC3)CC2)ccc1Nc1ncc(Cl)c(Nc2ccccc2P(C)(C)=O)n1. The molecule has 13 nitrogen and oxygen atoms in total. The van der Waals surface area contributed by atoms with Crippen molar-refractivity contribution in [3.05, 3.63) is 95.2 Å². The molecule has 4 N–H and O–H groups in total. The quantitative estimate of drug-likeness (QED) is 0.0599. The summed E-state index contributed by atoms with van der Waals surface area (Å²) in [7, 11) is -0.864. The maximum absolute atomic E-state index is 12.9. The Bertz CT molecular complexity index is 2290. The highest BCUT2D eigenvalue weighted by atomic mass is 35.5. The summed E-state index contributed by atoms with van der Waals surface area (Å²) in [4.78, 5) is 31.0. The van der Waals surface area contributed by atoms with Crippen LogP contribution >= 0.6 is 18.7 Å². The van der Waals surface area contributed by atoms with E-state index in [1.165, 1.54) is 5.56 Å². The second kappa shape index (κ2) is 19.5. The first-order chi connectivity index (χ1) is 29.7. The van der Waals surface area contributed by atoms with Crippen LogP contribution in [0.3, 0.4) is 0 Å². The zero-order chi connectivity index (χ0) is 42.3. The summed E-state index contributed by atoms with van der Waals surface area (Å²) in [6, 6.07) is 20.8. The number of hydrogen-bond donors (Lipinski definition) is 4. The van der Waals surface area contributed by atoms with Gasteiger partial charge in [0.2, 0.25) is 5.95 Å². The van der Waals surface area contributed by atoms with E-state index in [0.29, 0.717) is 46.0 Å². The smallest absolute Gasteiger partial charge is 0.229 e. The number of methoxy groups -OCH3 is 1. The molecule has 0 amide bonds. The first-order valence-corrected chi connectivity index (χ1v) is 24.5. The van der Waals surface area contributed by atoms with E-state index in [-0.39, 0.29) is 0 Å². The topological polar surface area (TPSA) is 130 Å². The third-order valence-corrected chi connectivity index (χ3v) is 14.3. The number of benzene rings is 3. The standard InChI is InChI=1S/C46H58ClN10O3P/c1-60-43-28-34(15-16-40(43)52-46-50-30-38(47)45(53-46)51-41-12-4-5-14-44(41)61(2,3)59)55-22-17-33(18-23-55)56-26-24-54(25-27-56)21-7-6-20-49-39-13-8-11-36-37(39)31-57(42(36)32-58)35-10-9-19-48-29-35/h4-8,11-16,28,30,33,35,48-49H,9-10,17-27,29,31H2,1-3H3,(H2,50,51,52,53)/b7-6+. The average molecular weight is 865 g/mol. The van der Waals surface area contributed by atoms with Crippen LogP contribution in [-0.2, 0) is 15.9 Å². The number of anilines is 6. The summed E-state index contributed by atoms with van der Waals surface area (Å²) in [5.41, 5.74) is 6.60. The number of hydrogen-bond acceptors (Lipinski definition) is 13. The number of nitrogens with zero attached hydrogens (tertiary/aromatic N) is 6. The molecule has 3 saturated heterocycles. The fourth-order valence-corrected chi connectivity index (χ4v) is 10.4. The van der Waals surface area contributed by atoms with Crippen molar-refractivity contribution in [3.8, 4) is 5.75 Å². The van der Waals surface area contributed by atoms with Crippen LogP contribution in [0, 0.1) is 0 Å². The van der Waals surface area contributed by atoms with Crippen molar-refractivity contribution in [2.45, 2.75) is 44.3 Å². The lowest BCUT2D eigenvalue weighted by Gasteiger charge is -2.43. The number of ether oxygens (including phenoxy) is 1. The molecular formula is C46H58ClN10O3P. The van der Waals surface area contributed by atoms with Gasteiger partial charge in [-0.25, -0.2) is 9.78 Å². The molecule has 4 aliphatic rings. The summed E-state index contributed by atoms with van der Waals surface area (Å²) in [5, 5.41) is 14.8. The van der Waals surface area contributed by atoms with Gasteiger partial charge in [0, 0.05) is 111 Å². The summed E-state index contributed by atoms with van der Waals surface area (Å²) >= 11 is 6.49. The number of para-hydroxylation sites is 1. The summed E-state index contributed by atoms with van der Waals surface area (Å²) in [6.07, 6.45) is 10.5. The zero-order valence-corrected chi connectivity index (χ0v) is 37.2. The van der Waals surface area contributed by atoms with Gasteiger partial charge in [0.15, 0.2) is 11.8 Å². The van der Waals surface area contributed by atoms with Gasteiger partial charge in [0.05, 0.1) is 24.7 Å². The minimum atomic E-state index is -2.54. The van der Waals surface area contributed by atoms with Crippen molar-refractivity contribution in [1.82, 2.24) is 30.0 Å². The molecule has 1 aromatic heterocycles. The highest BCUT2D eigenvalue weighted by Gasteiger charge is 2.33. The lowest BCUT2D eigenvalue weighted by Crippen LogP contribution is -2.53. The molecule has 0 spiro atoms. The Hall–Kier alpha value is -4.87. The Kier molecular flexibility index (Phi) is 13.6. The maximum atomic E-state index is 12.9. The molecule has 1 atom stereocenters. The highest BCUT2D eigenvalue weighted by Crippen LogP contribution is 2.40. The molecule has 322 valence electrons. The van der Waals surface area contributed by atoms with Crippen molar-refractivity contribution in [3.63, 3.8) is 0 Å². The number of halogens is 1. The molecule has 8 rings (SSSR count). The first kappa shape index (κ1) is 42.8.